The lowest BCUT2D eigenvalue weighted by atomic mass is 10.1. The quantitative estimate of drug-likeness (QED) is 0.586. The molecule has 4 heteroatoms. The molecule has 0 unspecified atom stereocenters. The van der Waals surface area contributed by atoms with Crippen molar-refractivity contribution in [2.45, 2.75) is 25.8 Å². The van der Waals surface area contributed by atoms with Crippen molar-refractivity contribution in [2.24, 2.45) is 0 Å². The number of benzene rings is 2. The zero-order valence-corrected chi connectivity index (χ0v) is 13.1. The van der Waals surface area contributed by atoms with Crippen LogP contribution in [0.5, 0.6) is 5.75 Å². The summed E-state index contributed by atoms with van der Waals surface area (Å²) in [6.45, 7) is 1.67. The van der Waals surface area contributed by atoms with Gasteiger partial charge in [-0.3, -0.25) is 4.68 Å². The molecule has 0 aliphatic rings. The molecule has 4 nitrogen and oxygen atoms in total. The Hall–Kier alpha value is -2.62. The number of aryl methyl sites for hydroxylation is 1. The van der Waals surface area contributed by atoms with Gasteiger partial charge in [-0.2, -0.15) is 0 Å². The van der Waals surface area contributed by atoms with E-state index in [0.29, 0.717) is 0 Å². The van der Waals surface area contributed by atoms with Gasteiger partial charge in [-0.1, -0.05) is 47.7 Å². The van der Waals surface area contributed by atoms with E-state index in [-0.39, 0.29) is 0 Å². The first kappa shape index (κ1) is 15.3. The lowest BCUT2D eigenvalue weighted by Crippen LogP contribution is -2.01. The normalized spacial score (nSPS) is 10.6. The van der Waals surface area contributed by atoms with Crippen LogP contribution in [0.3, 0.4) is 0 Å². The molecule has 0 fully saturated rings. The highest BCUT2D eigenvalue weighted by atomic mass is 16.5. The number of ether oxygens (including phenoxy) is 1. The summed E-state index contributed by atoms with van der Waals surface area (Å²) in [5.74, 6) is 0.931. The van der Waals surface area contributed by atoms with Crippen LogP contribution < -0.4 is 4.74 Å². The Labute approximate surface area is 136 Å². The predicted molar refractivity (Wildman–Crippen MR) is 91.2 cm³/mol. The van der Waals surface area contributed by atoms with Crippen LogP contribution in [0.1, 0.15) is 19.3 Å². The van der Waals surface area contributed by atoms with E-state index in [2.05, 4.69) is 46.7 Å². The van der Waals surface area contributed by atoms with Crippen molar-refractivity contribution >= 4 is 0 Å². The molecule has 3 aromatic rings. The zero-order valence-electron chi connectivity index (χ0n) is 13.1. The fourth-order valence-electron chi connectivity index (χ4n) is 2.47. The first-order valence-electron chi connectivity index (χ1n) is 8.04. The number of aromatic nitrogens is 3. The van der Waals surface area contributed by atoms with E-state index in [9.17, 15) is 0 Å². The highest BCUT2D eigenvalue weighted by Gasteiger charge is 1.98. The van der Waals surface area contributed by atoms with Crippen LogP contribution in [-0.2, 0) is 6.54 Å². The van der Waals surface area contributed by atoms with Gasteiger partial charge in [0.1, 0.15) is 5.75 Å². The lowest BCUT2D eigenvalue weighted by molar-refractivity contribution is 0.303. The zero-order chi connectivity index (χ0) is 15.7. The van der Waals surface area contributed by atoms with Gasteiger partial charge in [-0.05, 0) is 42.5 Å². The smallest absolute Gasteiger partial charge is 0.119 e. The van der Waals surface area contributed by atoms with Gasteiger partial charge in [-0.15, -0.1) is 5.10 Å². The molecule has 0 aliphatic heterocycles. The van der Waals surface area contributed by atoms with E-state index < -0.39 is 0 Å². The van der Waals surface area contributed by atoms with Gasteiger partial charge in [0.05, 0.1) is 12.8 Å². The summed E-state index contributed by atoms with van der Waals surface area (Å²) in [5.41, 5.74) is 2.44. The maximum atomic E-state index is 5.80. The third-order valence-corrected chi connectivity index (χ3v) is 3.73. The average molecular weight is 307 g/mol. The molecule has 0 amide bonds. The summed E-state index contributed by atoms with van der Waals surface area (Å²) in [6.07, 6.45) is 6.88. The summed E-state index contributed by atoms with van der Waals surface area (Å²) < 4.78 is 7.66. The van der Waals surface area contributed by atoms with Gasteiger partial charge in [-0.25, -0.2) is 0 Å². The first-order chi connectivity index (χ1) is 11.4. The molecule has 0 atom stereocenters. The van der Waals surface area contributed by atoms with Gasteiger partial charge in [0.25, 0.3) is 0 Å². The molecular formula is C19H21N3O. The highest BCUT2D eigenvalue weighted by Crippen LogP contribution is 2.22. The molecule has 3 rings (SSSR count). The third-order valence-electron chi connectivity index (χ3n) is 3.73. The molecular weight excluding hydrogens is 286 g/mol. The van der Waals surface area contributed by atoms with Crippen LogP contribution in [0, 0.1) is 0 Å². The van der Waals surface area contributed by atoms with Crippen molar-refractivity contribution in [3.05, 3.63) is 67.0 Å². The Kier molecular flexibility index (Phi) is 5.40. The Morgan fingerprint density at radius 3 is 2.35 bits per heavy atom. The van der Waals surface area contributed by atoms with Crippen molar-refractivity contribution < 1.29 is 4.74 Å². The van der Waals surface area contributed by atoms with Crippen molar-refractivity contribution in [2.75, 3.05) is 6.61 Å². The highest BCUT2D eigenvalue weighted by molar-refractivity contribution is 5.63. The minimum Gasteiger partial charge on any atom is -0.494 e. The summed E-state index contributed by atoms with van der Waals surface area (Å²) in [4.78, 5) is 0. The van der Waals surface area contributed by atoms with E-state index in [0.717, 1.165) is 38.2 Å². The SMILES string of the molecule is c1ccc(-c2ccc(OCCCCCn3ccnn3)cc2)cc1. The summed E-state index contributed by atoms with van der Waals surface area (Å²) in [6, 6.07) is 18.7. The van der Waals surface area contributed by atoms with Gasteiger partial charge in [0.15, 0.2) is 0 Å². The summed E-state index contributed by atoms with van der Waals surface area (Å²) in [7, 11) is 0. The van der Waals surface area contributed by atoms with Crippen molar-refractivity contribution in [1.29, 1.82) is 0 Å². The molecule has 0 aliphatic carbocycles. The van der Waals surface area contributed by atoms with Gasteiger partial charge in [0, 0.05) is 12.7 Å². The minimum atomic E-state index is 0.752. The molecule has 2 aromatic carbocycles. The van der Waals surface area contributed by atoms with Gasteiger partial charge >= 0.3 is 0 Å². The van der Waals surface area contributed by atoms with E-state index in [1.165, 1.54) is 11.1 Å². The lowest BCUT2D eigenvalue weighted by Gasteiger charge is -2.07. The number of unbranched alkanes of at least 4 members (excludes halogenated alkanes) is 2. The second-order valence-corrected chi connectivity index (χ2v) is 5.47. The number of hydrogen-bond donors (Lipinski definition) is 0. The van der Waals surface area contributed by atoms with E-state index in [1.807, 2.05) is 29.1 Å². The average Bonchev–Trinajstić information content (AvgIpc) is 3.13. The van der Waals surface area contributed by atoms with Crippen molar-refractivity contribution in [3.8, 4) is 16.9 Å². The van der Waals surface area contributed by atoms with Crippen LogP contribution in [0.2, 0.25) is 0 Å². The Bertz CT molecular complexity index is 678. The van der Waals surface area contributed by atoms with Crippen LogP contribution in [0.4, 0.5) is 0 Å². The molecule has 0 saturated carbocycles. The monoisotopic (exact) mass is 307 g/mol. The van der Waals surface area contributed by atoms with E-state index in [4.69, 9.17) is 4.74 Å². The molecule has 23 heavy (non-hydrogen) atoms. The Morgan fingerprint density at radius 2 is 1.61 bits per heavy atom. The minimum absolute atomic E-state index is 0.752. The molecule has 0 N–H and O–H groups in total. The topological polar surface area (TPSA) is 39.9 Å². The molecule has 0 saturated heterocycles. The number of hydrogen-bond acceptors (Lipinski definition) is 3. The third kappa shape index (κ3) is 4.68. The van der Waals surface area contributed by atoms with Gasteiger partial charge < -0.3 is 4.74 Å². The fourth-order valence-corrected chi connectivity index (χ4v) is 2.47. The first-order valence-corrected chi connectivity index (χ1v) is 8.04. The van der Waals surface area contributed by atoms with E-state index in [1.54, 1.807) is 6.20 Å². The molecule has 118 valence electrons. The molecule has 1 heterocycles. The summed E-state index contributed by atoms with van der Waals surface area (Å²) >= 11 is 0. The Balaban J connectivity index is 1.37. The molecule has 0 spiro atoms. The van der Waals surface area contributed by atoms with Crippen LogP contribution in [-0.4, -0.2) is 21.6 Å². The number of nitrogens with zero attached hydrogens (tertiary/aromatic N) is 3. The number of rotatable bonds is 8. The van der Waals surface area contributed by atoms with Crippen molar-refractivity contribution in [3.63, 3.8) is 0 Å². The standard InChI is InChI=1S/C19H21N3O/c1-3-7-17(8-4-1)18-9-11-19(12-10-18)23-16-6-2-5-14-22-15-13-20-21-22/h1,3-4,7-13,15H,2,5-6,14,16H2. The molecule has 1 aromatic heterocycles. The predicted octanol–water partition coefficient (Wildman–Crippen LogP) is 4.19. The second-order valence-electron chi connectivity index (χ2n) is 5.47. The molecule has 0 radical (unpaired) electrons. The van der Waals surface area contributed by atoms with Crippen LogP contribution in [0.15, 0.2) is 67.0 Å². The Morgan fingerprint density at radius 1 is 0.826 bits per heavy atom. The fraction of sp³-hybridized carbons (Fsp3) is 0.263. The maximum absolute atomic E-state index is 5.80. The largest absolute Gasteiger partial charge is 0.494 e. The molecule has 0 bridgehead atoms. The van der Waals surface area contributed by atoms with Gasteiger partial charge in [0.2, 0.25) is 0 Å². The van der Waals surface area contributed by atoms with Crippen LogP contribution in [0.25, 0.3) is 11.1 Å². The van der Waals surface area contributed by atoms with Crippen molar-refractivity contribution in [1.82, 2.24) is 15.0 Å². The van der Waals surface area contributed by atoms with E-state index >= 15 is 0 Å². The summed E-state index contributed by atoms with van der Waals surface area (Å²) in [5, 5.41) is 7.74. The maximum Gasteiger partial charge on any atom is 0.119 e. The van der Waals surface area contributed by atoms with Crippen LogP contribution >= 0.6 is 0 Å². The second kappa shape index (κ2) is 8.13.